The minimum atomic E-state index is -4.48. The van der Waals surface area contributed by atoms with Crippen LogP contribution in [0.25, 0.3) is 0 Å². The number of sulfonamides is 1. The summed E-state index contributed by atoms with van der Waals surface area (Å²) >= 11 is 0. The van der Waals surface area contributed by atoms with Crippen molar-refractivity contribution in [2.45, 2.75) is 88.2 Å². The van der Waals surface area contributed by atoms with Gasteiger partial charge in [0.25, 0.3) is 0 Å². The Hall–Kier alpha value is -1.12. The van der Waals surface area contributed by atoms with Crippen molar-refractivity contribution in [3.8, 4) is 0 Å². The van der Waals surface area contributed by atoms with E-state index in [0.717, 1.165) is 43.9 Å². The van der Waals surface area contributed by atoms with Gasteiger partial charge in [-0.25, -0.2) is 13.1 Å². The molecule has 1 aromatic rings. The van der Waals surface area contributed by atoms with Crippen LogP contribution in [0.5, 0.6) is 0 Å². The van der Waals surface area contributed by atoms with Crippen LogP contribution >= 0.6 is 0 Å². The third-order valence-electron chi connectivity index (χ3n) is 6.75. The van der Waals surface area contributed by atoms with Crippen LogP contribution in [-0.2, 0) is 16.2 Å². The number of nitrogens with one attached hydrogen (secondary N) is 1. The van der Waals surface area contributed by atoms with Crippen LogP contribution in [0.15, 0.2) is 23.1 Å². The van der Waals surface area contributed by atoms with E-state index in [1.165, 1.54) is 65.1 Å². The van der Waals surface area contributed by atoms with Crippen molar-refractivity contribution < 1.29 is 21.6 Å². The van der Waals surface area contributed by atoms with Gasteiger partial charge >= 0.3 is 6.18 Å². The average Bonchev–Trinajstić information content (AvgIpc) is 2.72. The number of rotatable bonds is 8. The molecular weight excluding hydrogens is 425 g/mol. The van der Waals surface area contributed by atoms with Gasteiger partial charge in [0, 0.05) is 6.04 Å². The number of likely N-dealkylation sites (tertiary alicyclic amines) is 1. The third-order valence-corrected chi connectivity index (χ3v) is 8.43. The molecule has 1 aliphatic carbocycles. The number of halogens is 3. The highest BCUT2D eigenvalue weighted by Gasteiger charge is 2.32. The number of hydrogen-bond donors (Lipinski definition) is 1. The number of alkyl halides is 3. The topological polar surface area (TPSA) is 49.4 Å². The highest BCUT2D eigenvalue weighted by molar-refractivity contribution is 7.89. The molecule has 4 nitrogen and oxygen atoms in total. The molecule has 176 valence electrons. The molecule has 0 unspecified atom stereocenters. The number of nitrogens with zero attached hydrogens (tertiary/aromatic N) is 1. The summed E-state index contributed by atoms with van der Waals surface area (Å²) in [4.78, 5) is 2.50. The first-order chi connectivity index (χ1) is 14.6. The van der Waals surface area contributed by atoms with Gasteiger partial charge in [-0.3, -0.25) is 0 Å². The first-order valence-electron chi connectivity index (χ1n) is 11.6. The number of hydrogen-bond acceptors (Lipinski definition) is 3. The van der Waals surface area contributed by atoms with E-state index in [4.69, 9.17) is 0 Å². The highest BCUT2D eigenvalue weighted by atomic mass is 32.2. The first kappa shape index (κ1) is 24.5. The fraction of sp³-hybridized carbons (Fsp3) is 0.739. The smallest absolute Gasteiger partial charge is 0.303 e. The second-order valence-electron chi connectivity index (χ2n) is 9.22. The van der Waals surface area contributed by atoms with E-state index in [1.807, 2.05) is 0 Å². The summed E-state index contributed by atoms with van der Waals surface area (Å²) in [5.74, 6) is 0.648. The van der Waals surface area contributed by atoms with Crippen LogP contribution < -0.4 is 4.72 Å². The third kappa shape index (κ3) is 7.19. The van der Waals surface area contributed by atoms with Crippen molar-refractivity contribution in [2.24, 2.45) is 5.92 Å². The molecular formula is C23H35F3N2O2S. The van der Waals surface area contributed by atoms with Crippen LogP contribution in [0.1, 0.15) is 75.3 Å². The summed E-state index contributed by atoms with van der Waals surface area (Å²) in [6, 6.07) is 2.66. The minimum absolute atomic E-state index is 0.0691. The summed E-state index contributed by atoms with van der Waals surface area (Å²) in [6.07, 6.45) is 6.77. The van der Waals surface area contributed by atoms with Gasteiger partial charge in [0.1, 0.15) is 0 Å². The van der Waals surface area contributed by atoms with E-state index in [2.05, 4.69) is 9.62 Å². The Labute approximate surface area is 184 Å². The van der Waals surface area contributed by atoms with E-state index in [1.54, 1.807) is 0 Å². The summed E-state index contributed by atoms with van der Waals surface area (Å²) in [6.45, 7) is 5.08. The highest BCUT2D eigenvalue weighted by Crippen LogP contribution is 2.32. The van der Waals surface area contributed by atoms with Gasteiger partial charge < -0.3 is 4.90 Å². The monoisotopic (exact) mass is 460 g/mol. The fourth-order valence-electron chi connectivity index (χ4n) is 4.93. The molecule has 1 aliphatic heterocycles. The van der Waals surface area contributed by atoms with E-state index in [-0.39, 0.29) is 16.5 Å². The summed E-state index contributed by atoms with van der Waals surface area (Å²) in [7, 11) is -3.83. The van der Waals surface area contributed by atoms with Gasteiger partial charge in [-0.1, -0.05) is 19.3 Å². The van der Waals surface area contributed by atoms with Crippen molar-refractivity contribution in [3.63, 3.8) is 0 Å². The normalized spacial score (nSPS) is 23.7. The van der Waals surface area contributed by atoms with Crippen molar-refractivity contribution >= 4 is 10.0 Å². The molecule has 3 rings (SSSR count). The molecule has 0 atom stereocenters. The fourth-order valence-corrected chi connectivity index (χ4v) is 6.46. The second kappa shape index (κ2) is 10.7. The SMILES string of the molecule is Cc1cc(C(F)(F)F)ccc1S(=O)(=O)NC1CCC(CCCCN2CCCCC2)CC1. The Morgan fingerprint density at radius 1 is 1.03 bits per heavy atom. The summed E-state index contributed by atoms with van der Waals surface area (Å²) in [5.41, 5.74) is -0.713. The Morgan fingerprint density at radius 3 is 2.32 bits per heavy atom. The Balaban J connectivity index is 1.42. The number of unbranched alkanes of at least 4 members (excludes halogenated alkanes) is 1. The lowest BCUT2D eigenvalue weighted by Crippen LogP contribution is -2.38. The zero-order valence-corrected chi connectivity index (χ0v) is 19.2. The molecule has 8 heteroatoms. The Morgan fingerprint density at radius 2 is 1.71 bits per heavy atom. The zero-order chi connectivity index (χ0) is 22.5. The Bertz CT molecular complexity index is 813. The predicted molar refractivity (Wildman–Crippen MR) is 116 cm³/mol. The Kier molecular flexibility index (Phi) is 8.44. The van der Waals surface area contributed by atoms with Crippen LogP contribution in [0.4, 0.5) is 13.2 Å². The van der Waals surface area contributed by atoms with E-state index >= 15 is 0 Å². The van der Waals surface area contributed by atoms with Gasteiger partial charge in [0.05, 0.1) is 10.5 Å². The van der Waals surface area contributed by atoms with Crippen molar-refractivity contribution in [1.29, 1.82) is 0 Å². The molecule has 1 heterocycles. The molecule has 0 amide bonds. The van der Waals surface area contributed by atoms with E-state index < -0.39 is 21.8 Å². The molecule has 1 saturated carbocycles. The molecule has 1 saturated heterocycles. The van der Waals surface area contributed by atoms with Gasteiger partial charge in [-0.05, 0) is 101 Å². The standard InChI is InChI=1S/C23H35F3N2O2S/c1-18-17-20(23(24,25)26)10-13-22(18)31(29,30)27-21-11-8-19(9-12-21)7-3-6-16-28-14-4-2-5-15-28/h10,13,17,19,21,27H,2-9,11-12,14-16H2,1H3. The number of piperidine rings is 1. The lowest BCUT2D eigenvalue weighted by Gasteiger charge is -2.30. The molecule has 1 aromatic carbocycles. The van der Waals surface area contributed by atoms with Crippen LogP contribution in [0, 0.1) is 12.8 Å². The van der Waals surface area contributed by atoms with Crippen molar-refractivity contribution in [3.05, 3.63) is 29.3 Å². The molecule has 31 heavy (non-hydrogen) atoms. The maximum atomic E-state index is 12.8. The quantitative estimate of drug-likeness (QED) is 0.521. The van der Waals surface area contributed by atoms with Gasteiger partial charge in [-0.15, -0.1) is 0 Å². The van der Waals surface area contributed by atoms with Gasteiger partial charge in [0.2, 0.25) is 10.0 Å². The molecule has 0 bridgehead atoms. The lowest BCUT2D eigenvalue weighted by atomic mass is 9.83. The maximum Gasteiger partial charge on any atom is 0.416 e. The molecule has 2 aliphatic rings. The van der Waals surface area contributed by atoms with Crippen LogP contribution in [0.3, 0.4) is 0 Å². The van der Waals surface area contributed by atoms with Gasteiger partial charge in [0.15, 0.2) is 0 Å². The number of benzene rings is 1. The predicted octanol–water partition coefficient (Wildman–Crippen LogP) is 5.51. The second-order valence-corrected chi connectivity index (χ2v) is 10.9. The maximum absolute atomic E-state index is 12.8. The molecule has 0 spiro atoms. The minimum Gasteiger partial charge on any atom is -0.303 e. The van der Waals surface area contributed by atoms with Crippen LogP contribution in [-0.4, -0.2) is 39.0 Å². The molecule has 1 N–H and O–H groups in total. The van der Waals surface area contributed by atoms with Crippen molar-refractivity contribution in [2.75, 3.05) is 19.6 Å². The molecule has 2 fully saturated rings. The molecule has 0 aromatic heterocycles. The number of aryl methyl sites for hydroxylation is 1. The van der Waals surface area contributed by atoms with Crippen molar-refractivity contribution in [1.82, 2.24) is 9.62 Å². The van der Waals surface area contributed by atoms with E-state index in [9.17, 15) is 21.6 Å². The zero-order valence-electron chi connectivity index (χ0n) is 18.4. The first-order valence-corrected chi connectivity index (χ1v) is 13.1. The summed E-state index contributed by atoms with van der Waals surface area (Å²) < 4.78 is 66.7. The average molecular weight is 461 g/mol. The lowest BCUT2D eigenvalue weighted by molar-refractivity contribution is -0.137. The largest absolute Gasteiger partial charge is 0.416 e. The van der Waals surface area contributed by atoms with Gasteiger partial charge in [-0.2, -0.15) is 13.2 Å². The van der Waals surface area contributed by atoms with E-state index in [0.29, 0.717) is 5.92 Å². The molecule has 0 radical (unpaired) electrons. The summed E-state index contributed by atoms with van der Waals surface area (Å²) in [5, 5.41) is 0. The van der Waals surface area contributed by atoms with Crippen LogP contribution in [0.2, 0.25) is 0 Å².